The highest BCUT2D eigenvalue weighted by Crippen LogP contribution is 2.31. The first-order valence-electron chi connectivity index (χ1n) is 9.51. The number of para-hydroxylation sites is 1. The number of hydrogen-bond donors (Lipinski definition) is 1. The Morgan fingerprint density at radius 2 is 2.11 bits per heavy atom. The van der Waals surface area contributed by atoms with Crippen molar-refractivity contribution in [3.63, 3.8) is 0 Å². The van der Waals surface area contributed by atoms with Crippen molar-refractivity contribution in [2.24, 2.45) is 0 Å². The fraction of sp³-hybridized carbons (Fsp3) is 0.261. The van der Waals surface area contributed by atoms with Crippen LogP contribution in [0.3, 0.4) is 0 Å². The first-order chi connectivity index (χ1) is 13.6. The summed E-state index contributed by atoms with van der Waals surface area (Å²) >= 11 is 0. The molecule has 3 aromatic rings. The van der Waals surface area contributed by atoms with Crippen LogP contribution in [0.15, 0.2) is 59.2 Å². The topological polar surface area (TPSA) is 56.4 Å². The van der Waals surface area contributed by atoms with E-state index in [9.17, 15) is 4.79 Å². The Bertz CT molecular complexity index is 999. The molecule has 28 heavy (non-hydrogen) atoms. The van der Waals surface area contributed by atoms with Gasteiger partial charge >= 0.3 is 0 Å². The molecule has 4 rings (SSSR count). The van der Waals surface area contributed by atoms with Crippen LogP contribution in [0.25, 0.3) is 6.08 Å². The van der Waals surface area contributed by atoms with E-state index in [1.807, 2.05) is 42.5 Å². The van der Waals surface area contributed by atoms with Crippen molar-refractivity contribution in [3.8, 4) is 5.75 Å². The summed E-state index contributed by atoms with van der Waals surface area (Å²) < 4.78 is 13.3. The third-order valence-corrected chi connectivity index (χ3v) is 5.20. The highest BCUT2D eigenvalue weighted by molar-refractivity contribution is 5.92. The molecule has 3 heterocycles. The maximum absolute atomic E-state index is 12.5. The number of rotatable bonds is 5. The number of carbonyl (C=O) groups is 1. The molecule has 5 heteroatoms. The normalized spacial score (nSPS) is 16.0. The molecule has 0 radical (unpaired) electrons. The second-order valence-corrected chi connectivity index (χ2v) is 7.06. The largest absolute Gasteiger partial charge is 0.493 e. The van der Waals surface area contributed by atoms with Gasteiger partial charge in [0.25, 0.3) is 0 Å². The number of ether oxygens (including phenoxy) is 1. The lowest BCUT2D eigenvalue weighted by Crippen LogP contribution is -2.30. The number of hydrogen-bond acceptors (Lipinski definition) is 3. The lowest BCUT2D eigenvalue weighted by molar-refractivity contribution is -0.117. The smallest absolute Gasteiger partial charge is 0.244 e. The lowest BCUT2D eigenvalue weighted by Gasteiger charge is -2.26. The Balaban J connectivity index is 1.45. The SMILES string of the molecule is Cc1cc(/C=C/C(=O)N[C@H]2CCOc3ccccc32)c(C)n1Cc1ccco1. The van der Waals surface area contributed by atoms with Gasteiger partial charge in [0.1, 0.15) is 11.5 Å². The Morgan fingerprint density at radius 3 is 2.93 bits per heavy atom. The van der Waals surface area contributed by atoms with Crippen LogP contribution in [-0.2, 0) is 11.3 Å². The summed E-state index contributed by atoms with van der Waals surface area (Å²) in [5.41, 5.74) is 4.31. The number of nitrogens with one attached hydrogen (secondary N) is 1. The molecule has 1 aliphatic heterocycles. The van der Waals surface area contributed by atoms with E-state index in [4.69, 9.17) is 9.15 Å². The van der Waals surface area contributed by atoms with Gasteiger partial charge in [-0.05, 0) is 49.8 Å². The van der Waals surface area contributed by atoms with Gasteiger partial charge in [0, 0.05) is 29.4 Å². The Morgan fingerprint density at radius 1 is 1.25 bits per heavy atom. The summed E-state index contributed by atoms with van der Waals surface area (Å²) in [6.07, 6.45) is 5.94. The predicted molar refractivity (Wildman–Crippen MR) is 108 cm³/mol. The summed E-state index contributed by atoms with van der Waals surface area (Å²) in [4.78, 5) is 12.5. The van der Waals surface area contributed by atoms with Gasteiger partial charge in [0.2, 0.25) is 5.91 Å². The summed E-state index contributed by atoms with van der Waals surface area (Å²) in [6, 6.07) is 13.8. The van der Waals surface area contributed by atoms with Crippen LogP contribution in [0.2, 0.25) is 0 Å². The van der Waals surface area contributed by atoms with Gasteiger partial charge < -0.3 is 19.0 Å². The maximum atomic E-state index is 12.5. The van der Waals surface area contributed by atoms with Crippen molar-refractivity contribution in [1.82, 2.24) is 9.88 Å². The Hall–Kier alpha value is -3.21. The number of fused-ring (bicyclic) bond motifs is 1. The van der Waals surface area contributed by atoms with E-state index in [1.54, 1.807) is 12.3 Å². The van der Waals surface area contributed by atoms with Gasteiger partial charge in [0.05, 0.1) is 25.5 Å². The van der Waals surface area contributed by atoms with E-state index < -0.39 is 0 Å². The van der Waals surface area contributed by atoms with Crippen LogP contribution in [0.4, 0.5) is 0 Å². The zero-order chi connectivity index (χ0) is 19.5. The van der Waals surface area contributed by atoms with Crippen LogP contribution in [0.5, 0.6) is 5.75 Å². The van der Waals surface area contributed by atoms with E-state index >= 15 is 0 Å². The van der Waals surface area contributed by atoms with Crippen molar-refractivity contribution in [2.75, 3.05) is 6.61 Å². The monoisotopic (exact) mass is 376 g/mol. The van der Waals surface area contributed by atoms with Gasteiger partial charge in [-0.15, -0.1) is 0 Å². The van der Waals surface area contributed by atoms with Crippen LogP contribution < -0.4 is 10.1 Å². The molecule has 2 aromatic heterocycles. The van der Waals surface area contributed by atoms with Crippen molar-refractivity contribution in [2.45, 2.75) is 32.9 Å². The standard InChI is InChI=1S/C23H24N2O3/c1-16-14-18(17(2)25(16)15-19-6-5-12-27-19)9-10-23(26)24-21-11-13-28-22-8-4-3-7-20(21)22/h3-10,12,14,21H,11,13,15H2,1-2H3,(H,24,26)/b10-9+/t21-/m0/s1. The quantitative estimate of drug-likeness (QED) is 0.672. The van der Waals surface area contributed by atoms with Crippen molar-refractivity contribution in [3.05, 3.63) is 83.1 Å². The van der Waals surface area contributed by atoms with Gasteiger partial charge in [-0.2, -0.15) is 0 Å². The molecule has 144 valence electrons. The number of nitrogens with zero attached hydrogens (tertiary/aromatic N) is 1. The van der Waals surface area contributed by atoms with Crippen LogP contribution in [0.1, 0.15) is 40.7 Å². The summed E-state index contributed by atoms with van der Waals surface area (Å²) in [6.45, 7) is 5.41. The zero-order valence-electron chi connectivity index (χ0n) is 16.1. The average molecular weight is 376 g/mol. The third-order valence-electron chi connectivity index (χ3n) is 5.20. The summed E-state index contributed by atoms with van der Waals surface area (Å²) in [7, 11) is 0. The predicted octanol–water partition coefficient (Wildman–Crippen LogP) is 4.40. The minimum Gasteiger partial charge on any atom is -0.493 e. The van der Waals surface area contributed by atoms with Crippen molar-refractivity contribution >= 4 is 12.0 Å². The minimum atomic E-state index is -0.0995. The van der Waals surface area contributed by atoms with E-state index in [1.165, 1.54) is 0 Å². The number of benzene rings is 1. The Kier molecular flexibility index (Phi) is 5.06. The Labute approximate surface area is 164 Å². The van der Waals surface area contributed by atoms with Crippen LogP contribution in [0, 0.1) is 13.8 Å². The van der Waals surface area contributed by atoms with Crippen molar-refractivity contribution < 1.29 is 13.9 Å². The number of aromatic nitrogens is 1. The van der Waals surface area contributed by atoms with Crippen LogP contribution in [-0.4, -0.2) is 17.1 Å². The van der Waals surface area contributed by atoms with Gasteiger partial charge in [-0.3, -0.25) is 4.79 Å². The molecule has 1 atom stereocenters. The van der Waals surface area contributed by atoms with Crippen molar-refractivity contribution in [1.29, 1.82) is 0 Å². The third kappa shape index (κ3) is 3.74. The fourth-order valence-corrected chi connectivity index (χ4v) is 3.68. The molecule has 0 spiro atoms. The van der Waals surface area contributed by atoms with E-state index in [-0.39, 0.29) is 11.9 Å². The molecule has 1 aromatic carbocycles. The first-order valence-corrected chi connectivity index (χ1v) is 9.51. The van der Waals surface area contributed by atoms with E-state index in [0.29, 0.717) is 13.2 Å². The summed E-state index contributed by atoms with van der Waals surface area (Å²) in [5.74, 6) is 1.66. The number of amides is 1. The average Bonchev–Trinajstić information content (AvgIpc) is 3.30. The lowest BCUT2D eigenvalue weighted by atomic mass is 10.0. The molecule has 1 aliphatic rings. The number of aryl methyl sites for hydroxylation is 1. The zero-order valence-corrected chi connectivity index (χ0v) is 16.1. The second kappa shape index (κ2) is 7.80. The highest BCUT2D eigenvalue weighted by Gasteiger charge is 2.21. The number of carbonyl (C=O) groups excluding carboxylic acids is 1. The number of furan rings is 1. The molecule has 0 unspecified atom stereocenters. The molecule has 0 bridgehead atoms. The van der Waals surface area contributed by atoms with Crippen LogP contribution >= 0.6 is 0 Å². The van der Waals surface area contributed by atoms with Gasteiger partial charge in [0.15, 0.2) is 0 Å². The molecule has 0 fully saturated rings. The van der Waals surface area contributed by atoms with E-state index in [0.717, 1.165) is 40.4 Å². The highest BCUT2D eigenvalue weighted by atomic mass is 16.5. The molecule has 0 saturated heterocycles. The fourth-order valence-electron chi connectivity index (χ4n) is 3.68. The first kappa shape index (κ1) is 18.2. The molecular formula is C23H24N2O3. The molecule has 1 amide bonds. The second-order valence-electron chi connectivity index (χ2n) is 7.06. The minimum absolute atomic E-state index is 0.0199. The summed E-state index contributed by atoms with van der Waals surface area (Å²) in [5, 5.41) is 3.10. The van der Waals surface area contributed by atoms with E-state index in [2.05, 4.69) is 29.8 Å². The van der Waals surface area contributed by atoms with Gasteiger partial charge in [-0.1, -0.05) is 18.2 Å². The molecule has 0 aliphatic carbocycles. The molecule has 0 saturated carbocycles. The molecular weight excluding hydrogens is 352 g/mol. The molecule has 5 nitrogen and oxygen atoms in total. The van der Waals surface area contributed by atoms with Gasteiger partial charge in [-0.25, -0.2) is 0 Å². The maximum Gasteiger partial charge on any atom is 0.244 e. The molecule has 1 N–H and O–H groups in total.